The number of nitrogens with zero attached hydrogens (tertiary/aromatic N) is 1. The zero-order valence-corrected chi connectivity index (χ0v) is 14.6. The maximum atomic E-state index is 12.3. The van der Waals surface area contributed by atoms with Crippen molar-refractivity contribution in [3.63, 3.8) is 0 Å². The van der Waals surface area contributed by atoms with Gasteiger partial charge in [-0.25, -0.2) is 4.79 Å². The fourth-order valence-corrected chi connectivity index (χ4v) is 2.84. The van der Waals surface area contributed by atoms with Crippen LogP contribution < -0.4 is 14.8 Å². The number of rotatable bonds is 4. The fraction of sp³-hybridized carbons (Fsp3) is 0.375. The average molecular weight is 336 g/mol. The molecule has 124 valence electrons. The van der Waals surface area contributed by atoms with Crippen molar-refractivity contribution in [2.45, 2.75) is 13.0 Å². The first-order valence-corrected chi connectivity index (χ1v) is 7.41. The molecule has 1 heterocycles. The number of allylic oxidation sites excluding steroid dienone is 1. The third-order valence-electron chi connectivity index (χ3n) is 3.90. The van der Waals surface area contributed by atoms with Gasteiger partial charge in [0.1, 0.15) is 0 Å². The lowest BCUT2D eigenvalue weighted by molar-refractivity contribution is -0.136. The highest BCUT2D eigenvalue weighted by molar-refractivity contribution is 7.80. The number of esters is 1. The number of methoxy groups -OCH3 is 3. The Kier molecular flexibility index (Phi) is 5.10. The summed E-state index contributed by atoms with van der Waals surface area (Å²) in [4.78, 5) is 14.0. The molecule has 1 aliphatic rings. The number of para-hydroxylation sites is 1. The molecule has 6 nitrogen and oxygen atoms in total. The summed E-state index contributed by atoms with van der Waals surface area (Å²) in [5.74, 6) is 0.715. The third-order valence-corrected chi connectivity index (χ3v) is 4.30. The van der Waals surface area contributed by atoms with Crippen molar-refractivity contribution in [2.75, 3.05) is 28.4 Å². The minimum atomic E-state index is -0.476. The number of hydrogen-bond acceptors (Lipinski definition) is 5. The van der Waals surface area contributed by atoms with Gasteiger partial charge >= 0.3 is 5.97 Å². The lowest BCUT2D eigenvalue weighted by atomic mass is 9.94. The molecule has 0 amide bonds. The van der Waals surface area contributed by atoms with E-state index in [0.717, 1.165) is 11.3 Å². The number of benzene rings is 1. The molecule has 0 saturated carbocycles. The number of hydrogen-bond donors (Lipinski definition) is 1. The Morgan fingerprint density at radius 3 is 2.52 bits per heavy atom. The van der Waals surface area contributed by atoms with Crippen molar-refractivity contribution in [3.05, 3.63) is 35.0 Å². The summed E-state index contributed by atoms with van der Waals surface area (Å²) in [6.45, 7) is 1.83. The number of ether oxygens (including phenoxy) is 3. The van der Waals surface area contributed by atoms with E-state index in [1.54, 1.807) is 32.2 Å². The van der Waals surface area contributed by atoms with E-state index in [-0.39, 0.29) is 0 Å². The van der Waals surface area contributed by atoms with Gasteiger partial charge in [-0.1, -0.05) is 12.1 Å². The van der Waals surface area contributed by atoms with Crippen molar-refractivity contribution < 1.29 is 19.0 Å². The summed E-state index contributed by atoms with van der Waals surface area (Å²) >= 11 is 5.36. The van der Waals surface area contributed by atoms with E-state index in [1.807, 2.05) is 19.1 Å². The molecule has 0 aliphatic carbocycles. The highest BCUT2D eigenvalue weighted by Gasteiger charge is 2.35. The molecule has 2 rings (SSSR count). The van der Waals surface area contributed by atoms with Crippen molar-refractivity contribution in [2.24, 2.45) is 0 Å². The highest BCUT2D eigenvalue weighted by Crippen LogP contribution is 2.39. The van der Waals surface area contributed by atoms with Crippen LogP contribution in [0, 0.1) is 0 Å². The van der Waals surface area contributed by atoms with Gasteiger partial charge in [-0.15, -0.1) is 0 Å². The molecule has 7 heteroatoms. The molecule has 1 aromatic rings. The number of carbonyl (C=O) groups excluding carboxylic acids is 1. The van der Waals surface area contributed by atoms with Crippen molar-refractivity contribution in [1.29, 1.82) is 0 Å². The normalized spacial score (nSPS) is 17.7. The van der Waals surface area contributed by atoms with Crippen molar-refractivity contribution >= 4 is 23.3 Å². The topological polar surface area (TPSA) is 60.0 Å². The van der Waals surface area contributed by atoms with Gasteiger partial charge in [0, 0.05) is 18.3 Å². The van der Waals surface area contributed by atoms with Gasteiger partial charge in [0.15, 0.2) is 16.6 Å². The van der Waals surface area contributed by atoms with E-state index in [0.29, 0.717) is 22.2 Å². The lowest BCUT2D eigenvalue weighted by Crippen LogP contribution is -2.46. The lowest BCUT2D eigenvalue weighted by Gasteiger charge is -2.35. The van der Waals surface area contributed by atoms with Gasteiger partial charge in [0.2, 0.25) is 0 Å². The van der Waals surface area contributed by atoms with Crippen LogP contribution in [0.15, 0.2) is 29.5 Å². The first-order chi connectivity index (χ1) is 11.0. The molecule has 23 heavy (non-hydrogen) atoms. The van der Waals surface area contributed by atoms with Gasteiger partial charge in [-0.2, -0.15) is 0 Å². The van der Waals surface area contributed by atoms with E-state index in [1.165, 1.54) is 7.11 Å². The van der Waals surface area contributed by atoms with Gasteiger partial charge in [0.05, 0.1) is 32.9 Å². The predicted molar refractivity (Wildman–Crippen MR) is 90.5 cm³/mol. The Morgan fingerprint density at radius 1 is 1.26 bits per heavy atom. The smallest absolute Gasteiger partial charge is 0.337 e. The molecule has 1 N–H and O–H groups in total. The highest BCUT2D eigenvalue weighted by atomic mass is 32.1. The van der Waals surface area contributed by atoms with Crippen LogP contribution in [-0.2, 0) is 9.53 Å². The van der Waals surface area contributed by atoms with Crippen LogP contribution in [0.4, 0.5) is 0 Å². The molecule has 1 unspecified atom stereocenters. The summed E-state index contributed by atoms with van der Waals surface area (Å²) in [6, 6.07) is 5.02. The number of thiocarbonyl (C=S) groups is 1. The molecule has 1 aromatic carbocycles. The van der Waals surface area contributed by atoms with E-state index >= 15 is 0 Å². The molecule has 0 bridgehead atoms. The monoisotopic (exact) mass is 336 g/mol. The van der Waals surface area contributed by atoms with Gasteiger partial charge in [-0.05, 0) is 25.2 Å². The molecular weight excluding hydrogens is 316 g/mol. The first-order valence-electron chi connectivity index (χ1n) is 7.00. The summed E-state index contributed by atoms with van der Waals surface area (Å²) in [6.07, 6.45) is 0. The van der Waals surface area contributed by atoms with Crippen LogP contribution in [0.3, 0.4) is 0 Å². The minimum absolute atomic E-state index is 0.417. The van der Waals surface area contributed by atoms with Crippen molar-refractivity contribution in [3.8, 4) is 11.5 Å². The second-order valence-corrected chi connectivity index (χ2v) is 5.40. The fourth-order valence-electron chi connectivity index (χ4n) is 2.58. The third kappa shape index (κ3) is 2.96. The standard InChI is InChI=1S/C16H20N2O4S/c1-9-12(15(19)22-5)13(17-16(23)18(9)2)10-7-6-8-11(20-3)14(10)21-4/h6-8,13H,1-5H3,(H,17,23). The molecule has 0 fully saturated rings. The van der Waals surface area contributed by atoms with Crippen LogP contribution >= 0.6 is 12.2 Å². The Labute approximate surface area is 141 Å². The molecule has 0 spiro atoms. The summed E-state index contributed by atoms with van der Waals surface area (Å²) < 4.78 is 15.8. The Bertz CT molecular complexity index is 672. The minimum Gasteiger partial charge on any atom is -0.493 e. The zero-order valence-electron chi connectivity index (χ0n) is 13.8. The van der Waals surface area contributed by atoms with Gasteiger partial charge in [0.25, 0.3) is 0 Å². The molecule has 1 aliphatic heterocycles. The first kappa shape index (κ1) is 17.1. The van der Waals surface area contributed by atoms with Crippen molar-refractivity contribution in [1.82, 2.24) is 10.2 Å². The second-order valence-electron chi connectivity index (χ2n) is 5.01. The molecule has 0 aromatic heterocycles. The van der Waals surface area contributed by atoms with E-state index in [9.17, 15) is 4.79 Å². The average Bonchev–Trinajstić information content (AvgIpc) is 2.57. The summed E-state index contributed by atoms with van der Waals surface area (Å²) in [7, 11) is 6.28. The summed E-state index contributed by atoms with van der Waals surface area (Å²) in [5.41, 5.74) is 1.97. The maximum absolute atomic E-state index is 12.3. The van der Waals surface area contributed by atoms with E-state index in [2.05, 4.69) is 5.32 Å². The Balaban J connectivity index is 2.65. The van der Waals surface area contributed by atoms with Crippen LogP contribution in [0.2, 0.25) is 0 Å². The van der Waals surface area contributed by atoms with E-state index in [4.69, 9.17) is 26.4 Å². The SMILES string of the molecule is COC(=O)C1=C(C)N(C)C(=S)NC1c1cccc(OC)c1OC. The van der Waals surface area contributed by atoms with Crippen LogP contribution in [0.1, 0.15) is 18.5 Å². The predicted octanol–water partition coefficient (Wildman–Crippen LogP) is 2.01. The van der Waals surface area contributed by atoms with E-state index < -0.39 is 12.0 Å². The number of carbonyl (C=O) groups is 1. The molecule has 1 atom stereocenters. The van der Waals surface area contributed by atoms with Crippen LogP contribution in [0.5, 0.6) is 11.5 Å². The van der Waals surface area contributed by atoms with Gasteiger partial charge in [-0.3, -0.25) is 0 Å². The molecule has 0 radical (unpaired) electrons. The quantitative estimate of drug-likeness (QED) is 0.667. The number of nitrogens with one attached hydrogen (secondary N) is 1. The van der Waals surface area contributed by atoms with Crippen LogP contribution in [0.25, 0.3) is 0 Å². The molecular formula is C16H20N2O4S. The largest absolute Gasteiger partial charge is 0.493 e. The van der Waals surface area contributed by atoms with Crippen LogP contribution in [-0.4, -0.2) is 44.4 Å². The van der Waals surface area contributed by atoms with Gasteiger partial charge < -0.3 is 24.4 Å². The summed E-state index contributed by atoms with van der Waals surface area (Å²) in [5, 5.41) is 3.69. The maximum Gasteiger partial charge on any atom is 0.337 e. The Morgan fingerprint density at radius 2 is 1.96 bits per heavy atom. The Hall–Kier alpha value is -2.28. The second kappa shape index (κ2) is 6.87. The molecule has 0 saturated heterocycles. The zero-order chi connectivity index (χ0) is 17.1.